The number of likely N-dealkylation sites (tertiary alicyclic amines) is 1. The fourth-order valence-corrected chi connectivity index (χ4v) is 5.34. The van der Waals surface area contributed by atoms with Crippen LogP contribution in [0.1, 0.15) is 44.1 Å². The summed E-state index contributed by atoms with van der Waals surface area (Å²) in [5.74, 6) is 0.301. The average Bonchev–Trinajstić information content (AvgIpc) is 3.42. The van der Waals surface area contributed by atoms with Gasteiger partial charge in [-0.3, -0.25) is 9.59 Å². The first-order valence-electron chi connectivity index (χ1n) is 11.0. The predicted molar refractivity (Wildman–Crippen MR) is 119 cm³/mol. The molecule has 2 fully saturated rings. The average molecular weight is 445 g/mol. The summed E-state index contributed by atoms with van der Waals surface area (Å²) in [5.41, 5.74) is 0.889. The number of benzene rings is 1. The number of hydrogen-bond acceptors (Lipinski definition) is 4. The quantitative estimate of drug-likeness (QED) is 0.665. The molecular weight excluding hydrogens is 415 g/mol. The van der Waals surface area contributed by atoms with Crippen molar-refractivity contribution in [2.24, 2.45) is 5.92 Å². The molecule has 2 atom stereocenters. The van der Waals surface area contributed by atoms with E-state index in [2.05, 4.69) is 16.8 Å². The highest BCUT2D eigenvalue weighted by Gasteiger charge is 2.38. The Hall–Kier alpha value is -2.41. The number of halogens is 1. The largest absolute Gasteiger partial charge is 0.490 e. The van der Waals surface area contributed by atoms with E-state index in [9.17, 15) is 14.0 Å². The Balaban J connectivity index is 1.30. The number of amides is 2. The number of hydrogen-bond donors (Lipinski definition) is 1. The summed E-state index contributed by atoms with van der Waals surface area (Å²) in [5, 5.41) is 7.31. The lowest BCUT2D eigenvalue weighted by Gasteiger charge is -2.34. The molecule has 0 aliphatic carbocycles. The van der Waals surface area contributed by atoms with Gasteiger partial charge >= 0.3 is 0 Å². The molecule has 1 aromatic heterocycles. The lowest BCUT2D eigenvalue weighted by molar-refractivity contribution is -0.134. The maximum Gasteiger partial charge on any atom is 0.222 e. The van der Waals surface area contributed by atoms with E-state index < -0.39 is 0 Å². The van der Waals surface area contributed by atoms with Gasteiger partial charge in [-0.25, -0.2) is 4.39 Å². The van der Waals surface area contributed by atoms with Crippen molar-refractivity contribution in [3.8, 4) is 5.75 Å². The molecule has 0 saturated carbocycles. The van der Waals surface area contributed by atoms with Crippen molar-refractivity contribution in [1.82, 2.24) is 10.2 Å². The van der Waals surface area contributed by atoms with Crippen molar-refractivity contribution in [2.75, 3.05) is 19.7 Å². The molecular formula is C24H29FN2O3S. The van der Waals surface area contributed by atoms with Gasteiger partial charge in [0.15, 0.2) is 11.6 Å². The summed E-state index contributed by atoms with van der Waals surface area (Å²) >= 11 is 1.65. The Kier molecular flexibility index (Phi) is 6.90. The van der Waals surface area contributed by atoms with Crippen LogP contribution in [0.2, 0.25) is 0 Å². The van der Waals surface area contributed by atoms with Crippen molar-refractivity contribution in [1.29, 1.82) is 0 Å². The number of rotatable bonds is 8. The molecule has 7 heteroatoms. The van der Waals surface area contributed by atoms with Gasteiger partial charge in [0.25, 0.3) is 0 Å². The standard InChI is InChI=1S/C24H29FN2O3S/c25-20-5-1-2-6-21(20)30-16-19-4-3-12-27(15-19)23(29)8-11-24(10-7-22(28)26-24)14-18-9-13-31-17-18/h1-2,5-6,9,13,17,19H,3-4,7-8,10-12,14-16H2,(H,26,28)/t19-,24-/m0/s1. The number of nitrogens with zero attached hydrogens (tertiary/aromatic N) is 1. The minimum absolute atomic E-state index is 0.0750. The molecule has 2 amide bonds. The highest BCUT2D eigenvalue weighted by molar-refractivity contribution is 7.07. The Labute approximate surface area is 186 Å². The Morgan fingerprint density at radius 2 is 2.19 bits per heavy atom. The van der Waals surface area contributed by atoms with Crippen LogP contribution < -0.4 is 10.1 Å². The maximum absolute atomic E-state index is 13.8. The molecule has 2 aliphatic rings. The predicted octanol–water partition coefficient (Wildman–Crippen LogP) is 4.18. The lowest BCUT2D eigenvalue weighted by atomic mass is 9.85. The molecule has 0 bridgehead atoms. The summed E-state index contributed by atoms with van der Waals surface area (Å²) in [6, 6.07) is 8.50. The number of ether oxygens (including phenoxy) is 1. The van der Waals surface area contributed by atoms with Crippen LogP contribution in [0, 0.1) is 11.7 Å². The van der Waals surface area contributed by atoms with Crippen LogP contribution in [0.5, 0.6) is 5.75 Å². The molecule has 4 rings (SSSR count). The van der Waals surface area contributed by atoms with Gasteiger partial charge in [-0.2, -0.15) is 11.3 Å². The van der Waals surface area contributed by atoms with Gasteiger partial charge in [0.1, 0.15) is 0 Å². The normalized spacial score (nSPS) is 23.6. The zero-order chi connectivity index (χ0) is 21.7. The van der Waals surface area contributed by atoms with Gasteiger partial charge in [-0.1, -0.05) is 12.1 Å². The van der Waals surface area contributed by atoms with Crippen LogP contribution in [0.25, 0.3) is 0 Å². The number of carbonyl (C=O) groups excluding carboxylic acids is 2. The molecule has 0 spiro atoms. The Morgan fingerprint density at radius 3 is 2.94 bits per heavy atom. The molecule has 2 aromatic rings. The van der Waals surface area contributed by atoms with E-state index in [1.54, 1.807) is 29.5 Å². The zero-order valence-electron chi connectivity index (χ0n) is 17.6. The second-order valence-electron chi connectivity index (χ2n) is 8.73. The smallest absolute Gasteiger partial charge is 0.222 e. The second-order valence-corrected chi connectivity index (χ2v) is 9.51. The van der Waals surface area contributed by atoms with Crippen LogP contribution in [-0.2, 0) is 16.0 Å². The van der Waals surface area contributed by atoms with E-state index in [1.807, 2.05) is 10.3 Å². The van der Waals surface area contributed by atoms with Gasteiger partial charge in [0, 0.05) is 37.4 Å². The molecule has 166 valence electrons. The first kappa shape index (κ1) is 21.8. The number of carbonyl (C=O) groups is 2. The number of para-hydroxylation sites is 1. The van der Waals surface area contributed by atoms with Crippen molar-refractivity contribution < 1.29 is 18.7 Å². The van der Waals surface area contributed by atoms with Gasteiger partial charge in [0.2, 0.25) is 11.8 Å². The molecule has 1 N–H and O–H groups in total. The second kappa shape index (κ2) is 9.81. The monoisotopic (exact) mass is 444 g/mol. The minimum Gasteiger partial charge on any atom is -0.490 e. The molecule has 5 nitrogen and oxygen atoms in total. The van der Waals surface area contributed by atoms with E-state index in [0.717, 1.165) is 32.2 Å². The van der Waals surface area contributed by atoms with Crippen molar-refractivity contribution >= 4 is 23.2 Å². The number of piperidine rings is 1. The van der Waals surface area contributed by atoms with E-state index in [1.165, 1.54) is 11.6 Å². The third-order valence-electron chi connectivity index (χ3n) is 6.36. The van der Waals surface area contributed by atoms with Gasteiger partial charge in [-0.15, -0.1) is 0 Å². The summed E-state index contributed by atoms with van der Waals surface area (Å²) in [6.45, 7) is 1.79. The molecule has 2 saturated heterocycles. The fourth-order valence-electron chi connectivity index (χ4n) is 4.67. The first-order valence-corrected chi connectivity index (χ1v) is 11.9. The van der Waals surface area contributed by atoms with Crippen LogP contribution in [-0.4, -0.2) is 41.9 Å². The minimum atomic E-state index is -0.360. The SMILES string of the molecule is O=C1CC[C@](CCC(=O)N2CCC[C@H](COc3ccccc3F)C2)(Cc2ccsc2)N1. The lowest BCUT2D eigenvalue weighted by Crippen LogP contribution is -2.46. The number of thiophene rings is 1. The van der Waals surface area contributed by atoms with Crippen molar-refractivity contribution in [2.45, 2.75) is 50.5 Å². The van der Waals surface area contributed by atoms with E-state index in [0.29, 0.717) is 32.4 Å². The highest BCUT2D eigenvalue weighted by atomic mass is 32.1. The summed E-state index contributed by atoms with van der Waals surface area (Å²) in [6.07, 6.45) is 5.04. The zero-order valence-corrected chi connectivity index (χ0v) is 18.5. The van der Waals surface area contributed by atoms with E-state index in [-0.39, 0.29) is 34.8 Å². The third-order valence-corrected chi connectivity index (χ3v) is 7.09. The van der Waals surface area contributed by atoms with Gasteiger partial charge in [-0.05, 0) is 66.6 Å². The van der Waals surface area contributed by atoms with E-state index >= 15 is 0 Å². The Morgan fingerprint density at radius 1 is 1.32 bits per heavy atom. The molecule has 31 heavy (non-hydrogen) atoms. The van der Waals surface area contributed by atoms with Crippen LogP contribution in [0.4, 0.5) is 4.39 Å². The maximum atomic E-state index is 13.8. The van der Waals surface area contributed by atoms with Crippen molar-refractivity contribution in [3.05, 3.63) is 52.5 Å². The molecule has 3 heterocycles. The van der Waals surface area contributed by atoms with Gasteiger partial charge in [0.05, 0.1) is 6.61 Å². The molecule has 2 aliphatic heterocycles. The van der Waals surface area contributed by atoms with Gasteiger partial charge < -0.3 is 15.0 Å². The molecule has 0 radical (unpaired) electrons. The summed E-state index contributed by atoms with van der Waals surface area (Å²) < 4.78 is 19.5. The van der Waals surface area contributed by atoms with Crippen molar-refractivity contribution in [3.63, 3.8) is 0 Å². The van der Waals surface area contributed by atoms with Crippen LogP contribution in [0.15, 0.2) is 41.1 Å². The Bertz CT molecular complexity index is 904. The third kappa shape index (κ3) is 5.64. The molecule has 0 unspecified atom stereocenters. The summed E-state index contributed by atoms with van der Waals surface area (Å²) in [4.78, 5) is 26.8. The van der Waals surface area contributed by atoms with Crippen LogP contribution >= 0.6 is 11.3 Å². The highest BCUT2D eigenvalue weighted by Crippen LogP contribution is 2.31. The first-order chi connectivity index (χ1) is 15.0. The topological polar surface area (TPSA) is 58.6 Å². The summed E-state index contributed by atoms with van der Waals surface area (Å²) in [7, 11) is 0. The number of nitrogens with one attached hydrogen (secondary N) is 1. The van der Waals surface area contributed by atoms with Crippen LogP contribution in [0.3, 0.4) is 0 Å². The molecule has 1 aromatic carbocycles. The van der Waals surface area contributed by atoms with E-state index in [4.69, 9.17) is 4.74 Å². The fraction of sp³-hybridized carbons (Fsp3) is 0.500.